The van der Waals surface area contributed by atoms with Crippen LogP contribution in [-0.4, -0.2) is 39.1 Å². The van der Waals surface area contributed by atoms with Gasteiger partial charge in [0.2, 0.25) is 15.2 Å². The van der Waals surface area contributed by atoms with Gasteiger partial charge in [-0.3, -0.25) is 9.19 Å². The number of aromatic nitrogens is 3. The third-order valence-electron chi connectivity index (χ3n) is 5.25. The van der Waals surface area contributed by atoms with Gasteiger partial charge in [-0.15, -0.1) is 5.56 Å². The number of aryl methyl sites for hydroxylation is 1. The fourth-order valence-corrected chi connectivity index (χ4v) is 6.72. The van der Waals surface area contributed by atoms with Crippen molar-refractivity contribution in [2.75, 3.05) is 6.61 Å². The summed E-state index contributed by atoms with van der Waals surface area (Å²) in [7, 11) is -6.11. The molecule has 0 N–H and O–H groups in total. The van der Waals surface area contributed by atoms with Crippen molar-refractivity contribution < 1.29 is 55.7 Å². The second kappa shape index (κ2) is 11.1. The van der Waals surface area contributed by atoms with Crippen molar-refractivity contribution in [3.8, 4) is 5.75 Å². The smallest absolute Gasteiger partial charge is 0.487 e. The van der Waals surface area contributed by atoms with Crippen LogP contribution in [0.2, 0.25) is 0 Å². The number of nitrogens with zero attached hydrogens (tertiary/aromatic N) is 3. The average molecular weight is 542 g/mol. The molecule has 0 aliphatic heterocycles. The van der Waals surface area contributed by atoms with Gasteiger partial charge in [-0.05, 0) is 30.0 Å². The maximum absolute atomic E-state index is 13.7. The van der Waals surface area contributed by atoms with Gasteiger partial charge < -0.3 is 4.74 Å². The van der Waals surface area contributed by atoms with Crippen molar-refractivity contribution in [3.63, 3.8) is 0 Å². The molecule has 0 spiro atoms. The van der Waals surface area contributed by atoms with Crippen molar-refractivity contribution >= 4 is 31.9 Å². The van der Waals surface area contributed by atoms with E-state index in [1.54, 1.807) is 50.2 Å². The van der Waals surface area contributed by atoms with E-state index in [-0.39, 0.29) is 56.6 Å². The molecule has 2 heterocycles. The minimum Gasteiger partial charge on any atom is -0.487 e. The van der Waals surface area contributed by atoms with E-state index in [9.17, 15) is 21.4 Å². The molecule has 0 saturated carbocycles. The Kier molecular flexibility index (Phi) is 8.72. The molecule has 36 heavy (non-hydrogen) atoms. The van der Waals surface area contributed by atoms with Crippen LogP contribution in [0, 0.1) is 19.9 Å². The molecule has 1 unspecified atom stereocenters. The molecular formula is C24H22F2N3NaO4S2. The zero-order valence-corrected chi connectivity index (χ0v) is 23.8. The fraction of sp³-hybridized carbons (Fsp3) is 0.250. The zero-order valence-electron chi connectivity index (χ0n) is 20.2. The van der Waals surface area contributed by atoms with E-state index in [4.69, 9.17) is 4.74 Å². The summed E-state index contributed by atoms with van der Waals surface area (Å²) in [4.78, 5) is 8.60. The number of benzene rings is 2. The molecular weight excluding hydrogens is 519 g/mol. The van der Waals surface area contributed by atoms with Crippen LogP contribution in [0.5, 0.6) is 5.75 Å². The van der Waals surface area contributed by atoms with Gasteiger partial charge >= 0.3 is 29.6 Å². The molecule has 0 saturated heterocycles. The molecule has 0 radical (unpaired) electrons. The number of para-hydroxylation sites is 2. The van der Waals surface area contributed by atoms with E-state index in [2.05, 4.69) is 16.0 Å². The third kappa shape index (κ3) is 5.86. The second-order valence-corrected chi connectivity index (χ2v) is 11.2. The number of imidazole rings is 1. The van der Waals surface area contributed by atoms with Crippen LogP contribution in [0.15, 0.2) is 64.8 Å². The molecule has 0 amide bonds. The molecule has 1 atom stereocenters. The molecule has 4 aromatic rings. The van der Waals surface area contributed by atoms with Crippen LogP contribution >= 0.6 is 0 Å². The number of rotatable bonds is 8. The molecule has 0 fully saturated rings. The van der Waals surface area contributed by atoms with Crippen LogP contribution in [0.4, 0.5) is 8.78 Å². The standard InChI is InChI=1S/C24H22F2N3O4S2.Na/c1-16-8-4-7-11-22(16)35(31,32)29-20-10-6-5-9-18(20)28-23(29)34(30)14-19-17(2)21(12-13-27-19)33-15-24(3,25)26;/h4-6,8-13H,14-15H2,1-3H3;/q-1;+1. The molecule has 2 aromatic carbocycles. The van der Waals surface area contributed by atoms with Gasteiger partial charge in [-0.2, -0.15) is 24.3 Å². The summed E-state index contributed by atoms with van der Waals surface area (Å²) in [6.45, 7) is 3.21. The molecule has 12 heteroatoms. The Morgan fingerprint density at radius 1 is 1.17 bits per heavy atom. The van der Waals surface area contributed by atoms with E-state index in [0.717, 1.165) is 10.9 Å². The van der Waals surface area contributed by atoms with Gasteiger partial charge in [0.05, 0.1) is 33.3 Å². The summed E-state index contributed by atoms with van der Waals surface area (Å²) in [5.41, 5.74) is 1.91. The summed E-state index contributed by atoms with van der Waals surface area (Å²) >= 11 is 0. The molecule has 184 valence electrons. The number of alkyl halides is 2. The summed E-state index contributed by atoms with van der Waals surface area (Å²) in [5.74, 6) is -3.03. The normalized spacial score (nSPS) is 12.8. The van der Waals surface area contributed by atoms with E-state index < -0.39 is 33.4 Å². The minimum absolute atomic E-state index is 0. The summed E-state index contributed by atoms with van der Waals surface area (Å²) in [5, 5.41) is -0.165. The van der Waals surface area contributed by atoms with Gasteiger partial charge in [0.1, 0.15) is 5.75 Å². The summed E-state index contributed by atoms with van der Waals surface area (Å²) in [6, 6.07) is 15.4. The van der Waals surface area contributed by atoms with Crippen LogP contribution in [0.3, 0.4) is 0 Å². The van der Waals surface area contributed by atoms with Gasteiger partial charge in [0.15, 0.2) is 6.61 Å². The number of pyridine rings is 1. The maximum atomic E-state index is 13.7. The van der Waals surface area contributed by atoms with Crippen molar-refractivity contribution in [3.05, 3.63) is 77.6 Å². The summed E-state index contributed by atoms with van der Waals surface area (Å²) < 4.78 is 73.5. The van der Waals surface area contributed by atoms with Crippen molar-refractivity contribution in [2.45, 2.75) is 42.5 Å². The van der Waals surface area contributed by atoms with Crippen molar-refractivity contribution in [1.29, 1.82) is 0 Å². The average Bonchev–Trinajstić information content (AvgIpc) is 3.20. The van der Waals surface area contributed by atoms with Crippen LogP contribution in [0.1, 0.15) is 23.7 Å². The van der Waals surface area contributed by atoms with Crippen molar-refractivity contribution in [2.24, 2.45) is 0 Å². The van der Waals surface area contributed by atoms with E-state index in [1.807, 2.05) is 0 Å². The topological polar surface area (TPSA) is 91.2 Å². The number of halogens is 2. The van der Waals surface area contributed by atoms with Crippen LogP contribution in [0.25, 0.3) is 11.0 Å². The Balaban J connectivity index is 0.00000361. The number of ether oxygens (including phenoxy) is 1. The molecule has 4 rings (SSSR count). The van der Waals surface area contributed by atoms with Crippen molar-refractivity contribution in [1.82, 2.24) is 13.9 Å². The molecule has 0 aliphatic rings. The maximum Gasteiger partial charge on any atom is 1.00 e. The first-order chi connectivity index (χ1) is 16.5. The Morgan fingerprint density at radius 2 is 1.89 bits per heavy atom. The molecule has 0 aliphatic carbocycles. The number of hydrogen-bond donors (Lipinski definition) is 0. The SMILES string of the molecule is Cc1cc[c-]cc1S(=O)(=O)n1c(S(=O)Cc2nccc(OCC(C)(F)F)c2C)nc2ccccc21.[Na+]. The minimum atomic E-state index is -4.16. The quantitative estimate of drug-likeness (QED) is 0.248. The Morgan fingerprint density at radius 3 is 2.58 bits per heavy atom. The summed E-state index contributed by atoms with van der Waals surface area (Å²) in [6.07, 6.45) is 1.37. The van der Waals surface area contributed by atoms with Gasteiger partial charge in [-0.1, -0.05) is 19.1 Å². The molecule has 0 bridgehead atoms. The zero-order chi connectivity index (χ0) is 25.4. The first kappa shape index (κ1) is 28.4. The predicted molar refractivity (Wildman–Crippen MR) is 128 cm³/mol. The van der Waals surface area contributed by atoms with E-state index in [0.29, 0.717) is 22.3 Å². The first-order valence-corrected chi connectivity index (χ1v) is 13.3. The second-order valence-electron chi connectivity index (χ2n) is 8.07. The largest absolute Gasteiger partial charge is 1.00 e. The predicted octanol–water partition coefficient (Wildman–Crippen LogP) is 1.43. The fourth-order valence-electron chi connectivity index (χ4n) is 3.48. The molecule has 7 nitrogen and oxygen atoms in total. The van der Waals surface area contributed by atoms with E-state index >= 15 is 0 Å². The number of fused-ring (bicyclic) bond motifs is 1. The first-order valence-electron chi connectivity index (χ1n) is 10.5. The monoisotopic (exact) mass is 541 g/mol. The molecule has 2 aromatic heterocycles. The Bertz CT molecular complexity index is 1540. The van der Waals surface area contributed by atoms with Gasteiger partial charge in [0.25, 0.3) is 5.92 Å². The third-order valence-corrected chi connectivity index (χ3v) is 8.43. The van der Waals surface area contributed by atoms with E-state index in [1.165, 1.54) is 18.3 Å². The Hall–Kier alpha value is -2.18. The van der Waals surface area contributed by atoms with Gasteiger partial charge in [0, 0.05) is 18.7 Å². The van der Waals surface area contributed by atoms with Gasteiger partial charge in [-0.25, -0.2) is 26.2 Å². The Labute approximate surface area is 232 Å². The van der Waals surface area contributed by atoms with Crippen LogP contribution < -0.4 is 34.3 Å². The number of hydrogen-bond acceptors (Lipinski definition) is 6. The van der Waals surface area contributed by atoms with Crippen LogP contribution in [-0.2, 0) is 26.6 Å².